The van der Waals surface area contributed by atoms with Crippen LogP contribution >= 0.6 is 23.2 Å². The molecule has 4 aliphatic rings. The van der Waals surface area contributed by atoms with Crippen molar-refractivity contribution in [1.82, 2.24) is 9.80 Å². The van der Waals surface area contributed by atoms with Gasteiger partial charge in [0.05, 0.1) is 18.9 Å². The van der Waals surface area contributed by atoms with E-state index in [-0.39, 0.29) is 48.4 Å². The summed E-state index contributed by atoms with van der Waals surface area (Å²) in [4.78, 5) is 52.9. The van der Waals surface area contributed by atoms with Gasteiger partial charge in [-0.3, -0.25) is 29.0 Å². The van der Waals surface area contributed by atoms with E-state index in [1.807, 2.05) is 6.08 Å². The molecule has 9 nitrogen and oxygen atoms in total. The molecule has 2 saturated heterocycles. The highest BCUT2D eigenvalue weighted by Gasteiger charge is 2.75. The van der Waals surface area contributed by atoms with E-state index in [2.05, 4.69) is 0 Å². The van der Waals surface area contributed by atoms with Gasteiger partial charge in [-0.2, -0.15) is 0 Å². The molecule has 2 aliphatic heterocycles. The maximum atomic E-state index is 13.9. The molecule has 4 amide bonds. The van der Waals surface area contributed by atoms with E-state index in [1.165, 1.54) is 31.2 Å². The van der Waals surface area contributed by atoms with Gasteiger partial charge in [0.2, 0.25) is 11.8 Å². The fourth-order valence-corrected chi connectivity index (χ4v) is 8.21. The number of methoxy groups -OCH3 is 1. The lowest BCUT2D eigenvalue weighted by Crippen LogP contribution is -2.60. The number of ether oxygens (including phenoxy) is 1. The zero-order valence-electron chi connectivity index (χ0n) is 22.3. The van der Waals surface area contributed by atoms with E-state index < -0.39 is 45.2 Å². The van der Waals surface area contributed by atoms with Crippen molar-refractivity contribution in [3.63, 3.8) is 0 Å². The quantitative estimate of drug-likeness (QED) is 0.307. The van der Waals surface area contributed by atoms with Crippen LogP contribution in [0.4, 0.5) is 0 Å². The summed E-state index contributed by atoms with van der Waals surface area (Å²) in [5, 5.41) is 20.2. The number of hydrogen-bond donors (Lipinski definition) is 2. The van der Waals surface area contributed by atoms with Crippen LogP contribution in [0.25, 0.3) is 0 Å². The van der Waals surface area contributed by atoms with Crippen molar-refractivity contribution in [3.8, 4) is 17.2 Å². The predicted molar refractivity (Wildman–Crippen MR) is 149 cm³/mol. The van der Waals surface area contributed by atoms with Crippen LogP contribution in [0.15, 0.2) is 54.1 Å². The van der Waals surface area contributed by atoms with Crippen molar-refractivity contribution in [2.75, 3.05) is 20.7 Å². The third-order valence-corrected chi connectivity index (χ3v) is 10.6. The van der Waals surface area contributed by atoms with Crippen molar-refractivity contribution in [1.29, 1.82) is 0 Å². The highest BCUT2D eigenvalue weighted by Crippen LogP contribution is 2.65. The van der Waals surface area contributed by atoms with E-state index in [0.717, 1.165) is 10.5 Å². The van der Waals surface area contributed by atoms with Crippen molar-refractivity contribution in [2.45, 2.75) is 34.9 Å². The molecule has 2 aromatic carbocycles. The van der Waals surface area contributed by atoms with E-state index in [1.54, 1.807) is 30.3 Å². The molecule has 0 aromatic heterocycles. The summed E-state index contributed by atoms with van der Waals surface area (Å²) in [5.41, 5.74) is 1.95. The number of imide groups is 2. The van der Waals surface area contributed by atoms with Crippen LogP contribution in [0, 0.1) is 17.8 Å². The Balaban J connectivity index is 1.41. The fourth-order valence-electron chi connectivity index (χ4n) is 7.19. The van der Waals surface area contributed by atoms with Gasteiger partial charge >= 0.3 is 0 Å². The Hall–Kier alpha value is -3.56. The van der Waals surface area contributed by atoms with E-state index in [4.69, 9.17) is 27.9 Å². The largest absolute Gasteiger partial charge is 0.508 e. The second-order valence-corrected chi connectivity index (χ2v) is 12.4. The number of phenols is 2. The first-order chi connectivity index (χ1) is 19.4. The normalized spacial score (nSPS) is 32.5. The Bertz CT molecular complexity index is 1530. The second-order valence-electron chi connectivity index (χ2n) is 11.2. The summed E-state index contributed by atoms with van der Waals surface area (Å²) < 4.78 is 5.18. The molecule has 41 heavy (non-hydrogen) atoms. The van der Waals surface area contributed by atoms with Crippen LogP contribution < -0.4 is 4.74 Å². The molecule has 6 atom stereocenters. The summed E-state index contributed by atoms with van der Waals surface area (Å²) in [5.74, 6) is -4.79. The summed E-state index contributed by atoms with van der Waals surface area (Å²) in [6.07, 6.45) is 2.43. The number of benzene rings is 2. The molecule has 0 radical (unpaired) electrons. The van der Waals surface area contributed by atoms with Gasteiger partial charge in [0.25, 0.3) is 11.8 Å². The van der Waals surface area contributed by atoms with Gasteiger partial charge in [-0.1, -0.05) is 29.8 Å². The van der Waals surface area contributed by atoms with Crippen molar-refractivity contribution >= 4 is 46.8 Å². The number of rotatable bonds is 5. The third kappa shape index (κ3) is 3.74. The molecular weight excluding hydrogens is 571 g/mol. The molecule has 0 bridgehead atoms. The Labute approximate surface area is 246 Å². The first kappa shape index (κ1) is 27.6. The van der Waals surface area contributed by atoms with Crippen LogP contribution in [0.5, 0.6) is 17.2 Å². The van der Waals surface area contributed by atoms with Crippen LogP contribution in [0.2, 0.25) is 0 Å². The number of nitrogens with zero attached hydrogens (tertiary/aromatic N) is 2. The van der Waals surface area contributed by atoms with Gasteiger partial charge < -0.3 is 14.9 Å². The van der Waals surface area contributed by atoms with Crippen molar-refractivity contribution in [3.05, 3.63) is 65.2 Å². The standard InChI is InChI=1S/C30H28Cl2N2O7/c1-33-27(39)29(31)14-20-18(24(30(29,32)28(33)40)16-5-10-22(41-2)21(36)13-16)8-9-19-23(20)26(38)34(25(19)37)12-11-15-3-6-17(35)7-4-15/h3-8,10,13,19-20,23-24,35-36H,9,11-12,14H2,1-2H3/t19-,20+,23-,24-,29+,30-/m0/s1. The molecule has 2 aromatic rings. The lowest BCUT2D eigenvalue weighted by molar-refractivity contribution is -0.141. The lowest BCUT2D eigenvalue weighted by Gasteiger charge is -2.50. The van der Waals surface area contributed by atoms with Gasteiger partial charge in [-0.05, 0) is 60.6 Å². The maximum Gasteiger partial charge on any atom is 0.253 e. The topological polar surface area (TPSA) is 124 Å². The molecular formula is C30H28Cl2N2O7. The number of halogens is 2. The second kappa shape index (κ2) is 9.49. The molecule has 2 heterocycles. The number of likely N-dealkylation sites (tertiary alicyclic amines) is 2. The number of aromatic hydroxyl groups is 2. The molecule has 6 rings (SSSR count). The number of allylic oxidation sites excluding steroid dienone is 2. The predicted octanol–water partition coefficient (Wildman–Crippen LogP) is 3.34. The zero-order chi connectivity index (χ0) is 29.4. The number of fused-ring (bicyclic) bond motifs is 4. The Morgan fingerprint density at radius 3 is 2.34 bits per heavy atom. The van der Waals surface area contributed by atoms with Crippen LogP contribution in [0.1, 0.15) is 29.9 Å². The first-order valence-electron chi connectivity index (χ1n) is 13.3. The minimum atomic E-state index is -1.92. The molecule has 2 aliphatic carbocycles. The highest BCUT2D eigenvalue weighted by atomic mass is 35.5. The number of amides is 4. The SMILES string of the molecule is COc1ccc([C@H]2C3=CC[C@@H]4C(=O)N(CCc5ccc(O)cc5)C(=O)[C@@H]4[C@@H]3C[C@@]3(Cl)C(=O)N(C)C(=O)[C@@]23Cl)cc1O. The van der Waals surface area contributed by atoms with Crippen LogP contribution in [-0.2, 0) is 25.6 Å². The average Bonchev–Trinajstić information content (AvgIpc) is 3.27. The molecule has 214 valence electrons. The number of phenolic OH excluding ortho intramolecular Hbond substituents is 2. The smallest absolute Gasteiger partial charge is 0.253 e. The van der Waals surface area contributed by atoms with Crippen LogP contribution in [-0.4, -0.2) is 74.1 Å². The minimum absolute atomic E-state index is 0.0938. The summed E-state index contributed by atoms with van der Waals surface area (Å²) in [6, 6.07) is 11.2. The van der Waals surface area contributed by atoms with Gasteiger partial charge in [0.15, 0.2) is 21.2 Å². The number of hydrogen-bond acceptors (Lipinski definition) is 7. The number of alkyl halides is 2. The Morgan fingerprint density at radius 2 is 1.68 bits per heavy atom. The summed E-state index contributed by atoms with van der Waals surface area (Å²) in [7, 11) is 2.74. The lowest BCUT2D eigenvalue weighted by atomic mass is 9.56. The Kier molecular flexibility index (Phi) is 6.39. The fraction of sp³-hybridized carbons (Fsp3) is 0.400. The molecule has 2 N–H and O–H groups in total. The minimum Gasteiger partial charge on any atom is -0.508 e. The third-order valence-electron chi connectivity index (χ3n) is 9.20. The molecule has 0 unspecified atom stereocenters. The zero-order valence-corrected chi connectivity index (χ0v) is 23.9. The van der Waals surface area contributed by atoms with Crippen molar-refractivity contribution in [2.24, 2.45) is 17.8 Å². The van der Waals surface area contributed by atoms with Crippen molar-refractivity contribution < 1.29 is 34.1 Å². The summed E-state index contributed by atoms with van der Waals surface area (Å²) >= 11 is 14.3. The van der Waals surface area contributed by atoms with Gasteiger partial charge in [0, 0.05) is 19.5 Å². The number of carbonyl (C=O) groups is 4. The summed E-state index contributed by atoms with van der Waals surface area (Å²) in [6.45, 7) is 0.166. The molecule has 3 fully saturated rings. The van der Waals surface area contributed by atoms with E-state index in [0.29, 0.717) is 17.6 Å². The maximum absolute atomic E-state index is 13.9. The highest BCUT2D eigenvalue weighted by molar-refractivity contribution is 6.53. The number of carbonyl (C=O) groups excluding carboxylic acids is 4. The van der Waals surface area contributed by atoms with E-state index >= 15 is 0 Å². The first-order valence-corrected chi connectivity index (χ1v) is 14.1. The average molecular weight is 599 g/mol. The van der Waals surface area contributed by atoms with Gasteiger partial charge in [-0.25, -0.2) is 0 Å². The van der Waals surface area contributed by atoms with Gasteiger partial charge in [-0.15, -0.1) is 23.2 Å². The van der Waals surface area contributed by atoms with E-state index in [9.17, 15) is 29.4 Å². The Morgan fingerprint density at radius 1 is 0.976 bits per heavy atom. The monoisotopic (exact) mass is 598 g/mol. The molecule has 0 spiro atoms. The molecule has 11 heteroatoms. The van der Waals surface area contributed by atoms with Crippen LogP contribution in [0.3, 0.4) is 0 Å². The van der Waals surface area contributed by atoms with Gasteiger partial charge in [0.1, 0.15) is 5.75 Å². The molecule has 1 saturated carbocycles.